The molecule has 0 aromatic heterocycles. The van der Waals surface area contributed by atoms with Crippen molar-refractivity contribution < 1.29 is 28.6 Å². The van der Waals surface area contributed by atoms with Crippen LogP contribution in [0.15, 0.2) is 18.2 Å². The number of nitrogens with one attached hydrogen (secondary N) is 2. The maximum Gasteiger partial charge on any atom is 0.408 e. The minimum absolute atomic E-state index is 0.0203. The number of alkyl carbamates (subject to hydrolysis) is 1. The summed E-state index contributed by atoms with van der Waals surface area (Å²) in [5.74, 6) is -0.429. The van der Waals surface area contributed by atoms with Crippen molar-refractivity contribution in [2.45, 2.75) is 89.1 Å². The second-order valence-electron chi connectivity index (χ2n) is 12.0. The molecule has 1 aromatic carbocycles. The van der Waals surface area contributed by atoms with Gasteiger partial charge in [-0.05, 0) is 79.5 Å². The molecule has 1 aromatic rings. The van der Waals surface area contributed by atoms with E-state index in [1.165, 1.54) is 12.1 Å². The number of carbonyl (C=O) groups is 3. The normalized spacial score (nSPS) is 30.8. The van der Waals surface area contributed by atoms with Crippen LogP contribution in [0.3, 0.4) is 0 Å². The van der Waals surface area contributed by atoms with Crippen molar-refractivity contribution in [3.8, 4) is 0 Å². The van der Waals surface area contributed by atoms with Gasteiger partial charge in [0.25, 0.3) is 0 Å². The molecule has 2 amide bonds. The highest BCUT2D eigenvalue weighted by Gasteiger charge is 2.59. The van der Waals surface area contributed by atoms with Gasteiger partial charge in [-0.1, -0.05) is 19.9 Å². The van der Waals surface area contributed by atoms with E-state index in [9.17, 15) is 23.9 Å². The first-order chi connectivity index (χ1) is 17.0. The van der Waals surface area contributed by atoms with Gasteiger partial charge in [0.15, 0.2) is 0 Å². The van der Waals surface area contributed by atoms with Crippen molar-refractivity contribution in [2.24, 2.45) is 17.8 Å². The summed E-state index contributed by atoms with van der Waals surface area (Å²) in [4.78, 5) is 39.2. The second kappa shape index (κ2) is 9.32. The van der Waals surface area contributed by atoms with Crippen molar-refractivity contribution in [1.29, 1.82) is 0 Å². The minimum atomic E-state index is -1.06. The number of fused-ring (bicyclic) bond motifs is 1. The largest absolute Gasteiger partial charge is 0.480 e. The molecule has 4 aliphatic carbocycles. The van der Waals surface area contributed by atoms with Crippen molar-refractivity contribution in [1.82, 2.24) is 15.5 Å². The first kappa shape index (κ1) is 25.0. The van der Waals surface area contributed by atoms with Crippen molar-refractivity contribution in [3.63, 3.8) is 0 Å². The summed E-state index contributed by atoms with van der Waals surface area (Å²) >= 11 is 0. The average Bonchev–Trinajstić information content (AvgIpc) is 3.18. The molecular formula is C27H36FN3O5. The van der Waals surface area contributed by atoms with Gasteiger partial charge < -0.3 is 25.4 Å². The molecular weight excluding hydrogens is 465 g/mol. The second-order valence-corrected chi connectivity index (χ2v) is 12.0. The molecule has 6 rings (SSSR count). The number of carboxylic acids is 1. The van der Waals surface area contributed by atoms with Gasteiger partial charge in [0, 0.05) is 25.0 Å². The Morgan fingerprint density at radius 1 is 1.14 bits per heavy atom. The molecule has 4 bridgehead atoms. The molecule has 36 heavy (non-hydrogen) atoms. The molecule has 1 aliphatic heterocycles. The van der Waals surface area contributed by atoms with Gasteiger partial charge in [-0.15, -0.1) is 0 Å². The van der Waals surface area contributed by atoms with E-state index in [-0.39, 0.29) is 29.7 Å². The quantitative estimate of drug-likeness (QED) is 0.503. The highest BCUT2D eigenvalue weighted by atomic mass is 19.1. The summed E-state index contributed by atoms with van der Waals surface area (Å²) in [6.45, 7) is 4.92. The van der Waals surface area contributed by atoms with Crippen LogP contribution in [-0.4, -0.2) is 51.7 Å². The predicted molar refractivity (Wildman–Crippen MR) is 129 cm³/mol. The zero-order chi connectivity index (χ0) is 25.7. The van der Waals surface area contributed by atoms with Gasteiger partial charge in [0.1, 0.15) is 17.5 Å². The fourth-order valence-electron chi connectivity index (χ4n) is 7.48. The van der Waals surface area contributed by atoms with E-state index in [1.54, 1.807) is 11.0 Å². The van der Waals surface area contributed by atoms with Gasteiger partial charge in [0.2, 0.25) is 5.91 Å². The number of rotatable bonds is 8. The topological polar surface area (TPSA) is 108 Å². The van der Waals surface area contributed by atoms with Gasteiger partial charge in [-0.3, -0.25) is 4.79 Å². The van der Waals surface area contributed by atoms with E-state index in [1.807, 2.05) is 13.8 Å². The molecule has 2 unspecified atom stereocenters. The van der Waals surface area contributed by atoms with Crippen LogP contribution in [0.1, 0.15) is 69.9 Å². The summed E-state index contributed by atoms with van der Waals surface area (Å²) in [6.07, 6.45) is 4.84. The zero-order valence-electron chi connectivity index (χ0n) is 21.0. The Morgan fingerprint density at radius 3 is 2.50 bits per heavy atom. The van der Waals surface area contributed by atoms with Crippen molar-refractivity contribution >= 4 is 18.0 Å². The Morgan fingerprint density at radius 2 is 1.83 bits per heavy atom. The number of amides is 2. The van der Waals surface area contributed by atoms with Gasteiger partial charge in [0.05, 0.1) is 6.54 Å². The lowest BCUT2D eigenvalue weighted by Crippen LogP contribution is -2.66. The smallest absolute Gasteiger partial charge is 0.408 e. The average molecular weight is 502 g/mol. The summed E-state index contributed by atoms with van der Waals surface area (Å²) in [5.41, 5.74) is 0.929. The number of ether oxygens (including phenoxy) is 1. The third-order valence-corrected chi connectivity index (χ3v) is 8.47. The Bertz CT molecular complexity index is 1050. The third kappa shape index (κ3) is 5.08. The van der Waals surface area contributed by atoms with E-state index in [2.05, 4.69) is 10.6 Å². The SMILES string of the molecule is CC(C)C[C@@H](NC(=O)OC12CC3CC(CC(NCC(=O)N4Cc5ccc(F)cc5C4)(C3)C1)C2)C(=O)O. The Balaban J connectivity index is 1.21. The minimum Gasteiger partial charge on any atom is -0.480 e. The highest BCUT2D eigenvalue weighted by Crippen LogP contribution is 2.58. The van der Waals surface area contributed by atoms with E-state index < -0.39 is 23.7 Å². The van der Waals surface area contributed by atoms with E-state index in [4.69, 9.17) is 4.74 Å². The number of aliphatic carboxylic acids is 1. The number of benzene rings is 1. The Labute approximate surface area is 210 Å². The van der Waals surface area contributed by atoms with E-state index >= 15 is 0 Å². The van der Waals surface area contributed by atoms with Crippen LogP contribution in [0.5, 0.6) is 0 Å². The first-order valence-corrected chi connectivity index (χ1v) is 13.1. The molecule has 8 nitrogen and oxygen atoms in total. The Kier molecular flexibility index (Phi) is 6.47. The lowest BCUT2D eigenvalue weighted by atomic mass is 9.51. The maximum absolute atomic E-state index is 13.6. The molecule has 3 atom stereocenters. The van der Waals surface area contributed by atoms with Crippen LogP contribution in [0.4, 0.5) is 9.18 Å². The number of hydrogen-bond acceptors (Lipinski definition) is 5. The van der Waals surface area contributed by atoms with Crippen molar-refractivity contribution in [2.75, 3.05) is 6.54 Å². The van der Waals surface area contributed by atoms with Crippen LogP contribution >= 0.6 is 0 Å². The lowest BCUT2D eigenvalue weighted by Gasteiger charge is -2.61. The van der Waals surface area contributed by atoms with Crippen LogP contribution < -0.4 is 10.6 Å². The zero-order valence-corrected chi connectivity index (χ0v) is 21.0. The molecule has 0 saturated heterocycles. The van der Waals surface area contributed by atoms with Gasteiger partial charge in [-0.2, -0.15) is 0 Å². The van der Waals surface area contributed by atoms with Crippen LogP contribution in [0.2, 0.25) is 0 Å². The predicted octanol–water partition coefficient (Wildman–Crippen LogP) is 3.57. The third-order valence-electron chi connectivity index (χ3n) is 8.47. The molecule has 4 saturated carbocycles. The lowest BCUT2D eigenvalue weighted by molar-refractivity contribution is -0.150. The number of hydrogen-bond donors (Lipinski definition) is 3. The first-order valence-electron chi connectivity index (χ1n) is 13.1. The van der Waals surface area contributed by atoms with Gasteiger partial charge in [-0.25, -0.2) is 14.0 Å². The fourth-order valence-corrected chi connectivity index (χ4v) is 7.48. The molecule has 5 aliphatic rings. The highest BCUT2D eigenvalue weighted by molar-refractivity contribution is 5.80. The molecule has 4 fully saturated rings. The molecule has 0 spiro atoms. The van der Waals surface area contributed by atoms with Crippen LogP contribution in [0.25, 0.3) is 0 Å². The molecule has 3 N–H and O–H groups in total. The molecule has 0 radical (unpaired) electrons. The summed E-state index contributed by atoms with van der Waals surface area (Å²) < 4.78 is 19.6. The van der Waals surface area contributed by atoms with Crippen molar-refractivity contribution in [3.05, 3.63) is 35.1 Å². The fraction of sp³-hybridized carbons (Fsp3) is 0.667. The molecule has 9 heteroatoms. The standard InChI is InChI=1S/C27H36FN3O5/c1-16(2)5-22(24(33)34)30-25(35)36-27-10-17-6-18(11-27)9-26(8-17,15-27)29-12-23(32)31-13-19-3-4-21(28)7-20(19)14-31/h3-4,7,16-18,22,29H,5-6,8-15H2,1-2H3,(H,30,35)(H,33,34)/t17?,18?,22-,26?,27?/m1/s1. The number of nitrogens with zero attached hydrogens (tertiary/aromatic N) is 1. The maximum atomic E-state index is 13.6. The summed E-state index contributed by atoms with van der Waals surface area (Å²) in [5, 5.41) is 15.6. The summed E-state index contributed by atoms with van der Waals surface area (Å²) in [7, 11) is 0. The van der Waals surface area contributed by atoms with E-state index in [0.717, 1.165) is 43.2 Å². The van der Waals surface area contributed by atoms with Crippen LogP contribution in [-0.2, 0) is 27.4 Å². The van der Waals surface area contributed by atoms with Gasteiger partial charge >= 0.3 is 12.1 Å². The van der Waals surface area contributed by atoms with E-state index in [0.29, 0.717) is 37.8 Å². The summed E-state index contributed by atoms with van der Waals surface area (Å²) in [6, 6.07) is 3.69. The number of halogens is 1. The van der Waals surface area contributed by atoms with Crippen LogP contribution in [0, 0.1) is 23.6 Å². The molecule has 196 valence electrons. The number of carbonyl (C=O) groups excluding carboxylic acids is 2. The molecule has 1 heterocycles. The Hall–Kier alpha value is -2.68. The number of carboxylic acid groups (broad SMARTS) is 1. The monoisotopic (exact) mass is 501 g/mol.